The largest absolute Gasteiger partial charge is 0.418 e. The number of nitrogens with zero attached hydrogens (tertiary/aromatic N) is 2. The quantitative estimate of drug-likeness (QED) is 0.905. The van der Waals surface area contributed by atoms with Gasteiger partial charge in [0.1, 0.15) is 5.82 Å². The lowest BCUT2D eigenvalue weighted by atomic mass is 10.1. The Hall–Kier alpha value is -2.02. The summed E-state index contributed by atoms with van der Waals surface area (Å²) in [5.74, 6) is 0.218. The number of aryl methyl sites for hydroxylation is 1. The minimum Gasteiger partial charge on any atom is -0.383 e. The summed E-state index contributed by atoms with van der Waals surface area (Å²) in [6.45, 7) is 0.490. The second kappa shape index (κ2) is 5.54. The fourth-order valence-corrected chi connectivity index (χ4v) is 1.97. The molecule has 1 aromatic heterocycles. The van der Waals surface area contributed by atoms with E-state index in [0.717, 1.165) is 10.7 Å². The molecule has 0 aliphatic heterocycles. The highest BCUT2D eigenvalue weighted by Gasteiger charge is 2.34. The molecule has 0 aliphatic rings. The van der Waals surface area contributed by atoms with Crippen molar-refractivity contribution in [3.05, 3.63) is 41.6 Å². The molecule has 4 N–H and O–H groups in total. The zero-order chi connectivity index (χ0) is 14.8. The lowest BCUT2D eigenvalue weighted by Gasteiger charge is -2.13. The van der Waals surface area contributed by atoms with E-state index in [1.165, 1.54) is 24.4 Å². The molecule has 0 fully saturated rings. The van der Waals surface area contributed by atoms with Gasteiger partial charge in [-0.1, -0.05) is 12.1 Å². The van der Waals surface area contributed by atoms with Crippen molar-refractivity contribution >= 4 is 5.82 Å². The molecule has 20 heavy (non-hydrogen) atoms. The van der Waals surface area contributed by atoms with Gasteiger partial charge in [0.2, 0.25) is 0 Å². The summed E-state index contributed by atoms with van der Waals surface area (Å²) in [5, 5.41) is 3.96. The molecule has 0 saturated heterocycles. The van der Waals surface area contributed by atoms with E-state index in [1.54, 1.807) is 0 Å². The predicted octanol–water partition coefficient (Wildman–Crippen LogP) is 2.36. The normalized spacial score (nSPS) is 11.8. The van der Waals surface area contributed by atoms with Crippen LogP contribution in [0, 0.1) is 0 Å². The van der Waals surface area contributed by atoms with E-state index in [0.29, 0.717) is 24.9 Å². The van der Waals surface area contributed by atoms with Crippen LogP contribution >= 0.6 is 0 Å². The van der Waals surface area contributed by atoms with Crippen LogP contribution in [0.25, 0.3) is 5.69 Å². The van der Waals surface area contributed by atoms with Crippen LogP contribution in [-0.2, 0) is 12.6 Å². The van der Waals surface area contributed by atoms with Gasteiger partial charge < -0.3 is 11.5 Å². The highest BCUT2D eigenvalue weighted by molar-refractivity contribution is 5.51. The first kappa shape index (κ1) is 14.4. The van der Waals surface area contributed by atoms with E-state index in [-0.39, 0.29) is 11.5 Å². The highest BCUT2D eigenvalue weighted by atomic mass is 19.4. The maximum Gasteiger partial charge on any atom is 0.418 e. The van der Waals surface area contributed by atoms with Crippen LogP contribution in [0.3, 0.4) is 0 Å². The Kier molecular flexibility index (Phi) is 3.99. The van der Waals surface area contributed by atoms with Crippen LogP contribution in [0.15, 0.2) is 30.5 Å². The van der Waals surface area contributed by atoms with Crippen molar-refractivity contribution in [1.82, 2.24) is 9.78 Å². The molecule has 2 rings (SSSR count). The molecule has 0 radical (unpaired) electrons. The molecule has 7 heteroatoms. The SMILES string of the molecule is NCCCc1cnn(-c2ccccc2C(F)(F)F)c1N. The van der Waals surface area contributed by atoms with Gasteiger partial charge in [-0.05, 0) is 31.5 Å². The minimum atomic E-state index is -4.45. The fraction of sp³-hybridized carbons (Fsp3) is 0.308. The van der Waals surface area contributed by atoms with Gasteiger partial charge in [0.25, 0.3) is 0 Å². The van der Waals surface area contributed by atoms with Gasteiger partial charge >= 0.3 is 6.18 Å². The Bertz CT molecular complexity index is 590. The zero-order valence-electron chi connectivity index (χ0n) is 10.7. The molecule has 0 atom stereocenters. The molecule has 1 aromatic carbocycles. The third-order valence-corrected chi connectivity index (χ3v) is 2.97. The first-order chi connectivity index (χ1) is 9.45. The summed E-state index contributed by atoms with van der Waals surface area (Å²) >= 11 is 0. The Labute approximate surface area is 114 Å². The van der Waals surface area contributed by atoms with Crippen molar-refractivity contribution in [3.63, 3.8) is 0 Å². The van der Waals surface area contributed by atoms with Crippen LogP contribution in [0.4, 0.5) is 19.0 Å². The molecule has 0 unspecified atom stereocenters. The van der Waals surface area contributed by atoms with Crippen molar-refractivity contribution in [3.8, 4) is 5.69 Å². The smallest absolute Gasteiger partial charge is 0.383 e. The second-order valence-corrected chi connectivity index (χ2v) is 4.37. The van der Waals surface area contributed by atoms with E-state index in [1.807, 2.05) is 0 Å². The van der Waals surface area contributed by atoms with Gasteiger partial charge in [-0.15, -0.1) is 0 Å². The molecule has 0 spiro atoms. The molecule has 0 amide bonds. The summed E-state index contributed by atoms with van der Waals surface area (Å²) in [5.41, 5.74) is 11.2. The van der Waals surface area contributed by atoms with Gasteiger partial charge in [-0.2, -0.15) is 18.3 Å². The molecule has 0 saturated carbocycles. The van der Waals surface area contributed by atoms with E-state index in [2.05, 4.69) is 5.10 Å². The van der Waals surface area contributed by atoms with E-state index in [4.69, 9.17) is 11.5 Å². The number of anilines is 1. The lowest BCUT2D eigenvalue weighted by Crippen LogP contribution is -2.13. The number of hydrogen-bond donors (Lipinski definition) is 2. The average Bonchev–Trinajstić information content (AvgIpc) is 2.76. The fourth-order valence-electron chi connectivity index (χ4n) is 1.97. The van der Waals surface area contributed by atoms with Crippen LogP contribution in [0.1, 0.15) is 17.5 Å². The van der Waals surface area contributed by atoms with Gasteiger partial charge in [0.15, 0.2) is 0 Å². The molecule has 1 heterocycles. The monoisotopic (exact) mass is 284 g/mol. The Morgan fingerprint density at radius 2 is 1.90 bits per heavy atom. The van der Waals surface area contributed by atoms with Crippen molar-refractivity contribution < 1.29 is 13.2 Å². The second-order valence-electron chi connectivity index (χ2n) is 4.37. The minimum absolute atomic E-state index is 0.0727. The number of hydrogen-bond acceptors (Lipinski definition) is 3. The molecular formula is C13H15F3N4. The van der Waals surface area contributed by atoms with Gasteiger partial charge in [0, 0.05) is 5.56 Å². The molecule has 2 aromatic rings. The molecule has 0 bridgehead atoms. The van der Waals surface area contributed by atoms with Crippen molar-refractivity contribution in [2.75, 3.05) is 12.3 Å². The maximum atomic E-state index is 13.0. The topological polar surface area (TPSA) is 69.9 Å². The summed E-state index contributed by atoms with van der Waals surface area (Å²) in [6, 6.07) is 5.21. The number of alkyl halides is 3. The summed E-state index contributed by atoms with van der Waals surface area (Å²) < 4.78 is 40.0. The number of halogens is 3. The van der Waals surface area contributed by atoms with Crippen molar-refractivity contribution in [2.24, 2.45) is 5.73 Å². The van der Waals surface area contributed by atoms with Crippen LogP contribution < -0.4 is 11.5 Å². The number of rotatable bonds is 4. The third-order valence-electron chi connectivity index (χ3n) is 2.97. The highest BCUT2D eigenvalue weighted by Crippen LogP contribution is 2.34. The van der Waals surface area contributed by atoms with Gasteiger partial charge in [-0.25, -0.2) is 4.68 Å². The van der Waals surface area contributed by atoms with E-state index < -0.39 is 11.7 Å². The number of para-hydroxylation sites is 1. The average molecular weight is 284 g/mol. The van der Waals surface area contributed by atoms with Crippen molar-refractivity contribution in [2.45, 2.75) is 19.0 Å². The van der Waals surface area contributed by atoms with E-state index in [9.17, 15) is 13.2 Å². The lowest BCUT2D eigenvalue weighted by molar-refractivity contribution is -0.137. The first-order valence-corrected chi connectivity index (χ1v) is 6.14. The number of benzene rings is 1. The molecule has 108 valence electrons. The van der Waals surface area contributed by atoms with Crippen LogP contribution in [-0.4, -0.2) is 16.3 Å². The van der Waals surface area contributed by atoms with E-state index >= 15 is 0 Å². The Balaban J connectivity index is 2.45. The third kappa shape index (κ3) is 2.77. The summed E-state index contributed by atoms with van der Waals surface area (Å²) in [6.07, 6.45) is -1.67. The molecule has 4 nitrogen and oxygen atoms in total. The van der Waals surface area contributed by atoms with Gasteiger partial charge in [0.05, 0.1) is 17.4 Å². The summed E-state index contributed by atoms with van der Waals surface area (Å²) in [7, 11) is 0. The Morgan fingerprint density at radius 3 is 2.55 bits per heavy atom. The first-order valence-electron chi connectivity index (χ1n) is 6.14. The number of aromatic nitrogens is 2. The number of nitrogens with two attached hydrogens (primary N) is 2. The summed E-state index contributed by atoms with van der Waals surface area (Å²) in [4.78, 5) is 0. The molecular weight excluding hydrogens is 269 g/mol. The van der Waals surface area contributed by atoms with Gasteiger partial charge in [-0.3, -0.25) is 0 Å². The zero-order valence-corrected chi connectivity index (χ0v) is 10.7. The van der Waals surface area contributed by atoms with Crippen molar-refractivity contribution in [1.29, 1.82) is 0 Å². The Morgan fingerprint density at radius 1 is 1.20 bits per heavy atom. The predicted molar refractivity (Wildman–Crippen MR) is 70.4 cm³/mol. The standard InChI is InChI=1S/C13H15F3N4/c14-13(15,16)10-5-1-2-6-11(10)20-12(18)9(8-19-20)4-3-7-17/h1-2,5-6,8H,3-4,7,17-18H2. The maximum absolute atomic E-state index is 13.0. The van der Waals surface area contributed by atoms with Crippen LogP contribution in [0.2, 0.25) is 0 Å². The van der Waals surface area contributed by atoms with Crippen LogP contribution in [0.5, 0.6) is 0 Å². The molecule has 0 aliphatic carbocycles. The number of nitrogen functional groups attached to an aromatic ring is 1.